The lowest BCUT2D eigenvalue weighted by molar-refractivity contribution is 0.604. The monoisotopic (exact) mass is 227 g/mol. The zero-order valence-electron chi connectivity index (χ0n) is 9.29. The molecule has 0 heterocycles. The Kier molecular flexibility index (Phi) is 5.12. The average molecular weight is 227 g/mol. The minimum absolute atomic E-state index is 0.188. The van der Waals surface area contributed by atoms with Crippen molar-refractivity contribution < 1.29 is 4.39 Å². The Morgan fingerprint density at radius 2 is 2.20 bits per heavy atom. The van der Waals surface area contributed by atoms with E-state index >= 15 is 0 Å². The van der Waals surface area contributed by atoms with Crippen molar-refractivity contribution in [2.24, 2.45) is 11.7 Å². The van der Waals surface area contributed by atoms with Gasteiger partial charge in [-0.3, -0.25) is 0 Å². The zero-order valence-corrected chi connectivity index (χ0v) is 10.1. The highest BCUT2D eigenvalue weighted by Gasteiger charge is 2.08. The van der Waals surface area contributed by atoms with E-state index in [1.165, 1.54) is 6.07 Å². The van der Waals surface area contributed by atoms with Crippen molar-refractivity contribution in [1.82, 2.24) is 0 Å². The van der Waals surface area contributed by atoms with E-state index in [1.54, 1.807) is 17.8 Å². The van der Waals surface area contributed by atoms with Crippen LogP contribution >= 0.6 is 11.8 Å². The number of hydrogen-bond acceptors (Lipinski definition) is 2. The molecule has 1 aromatic rings. The van der Waals surface area contributed by atoms with E-state index in [1.807, 2.05) is 6.07 Å². The Morgan fingerprint density at radius 1 is 1.47 bits per heavy atom. The first-order valence-electron chi connectivity index (χ1n) is 5.29. The quantitative estimate of drug-likeness (QED) is 0.780. The van der Waals surface area contributed by atoms with Gasteiger partial charge in [0, 0.05) is 22.8 Å². The Morgan fingerprint density at radius 3 is 2.80 bits per heavy atom. The molecule has 1 rings (SSSR count). The molecule has 1 nitrogen and oxygen atoms in total. The maximum Gasteiger partial charge on any atom is 0.128 e. The highest BCUT2D eigenvalue weighted by molar-refractivity contribution is 7.99. The maximum absolute atomic E-state index is 13.4. The summed E-state index contributed by atoms with van der Waals surface area (Å²) < 4.78 is 13.4. The van der Waals surface area contributed by atoms with Gasteiger partial charge in [0.2, 0.25) is 0 Å². The number of halogens is 1. The number of nitrogens with two attached hydrogens (primary N) is 1. The van der Waals surface area contributed by atoms with Crippen LogP contribution in [0.25, 0.3) is 0 Å². The molecule has 0 aromatic heterocycles. The van der Waals surface area contributed by atoms with Crippen LogP contribution in [0.5, 0.6) is 0 Å². The number of benzene rings is 1. The Bertz CT molecular complexity index is 314. The summed E-state index contributed by atoms with van der Waals surface area (Å²) in [4.78, 5) is 0.984. The molecule has 0 saturated carbocycles. The van der Waals surface area contributed by atoms with E-state index in [4.69, 9.17) is 5.73 Å². The molecule has 0 aliphatic heterocycles. The first kappa shape index (κ1) is 12.5. The SMILES string of the molecule is CCC(C)CSc1cccc(F)c1CN. The van der Waals surface area contributed by atoms with Gasteiger partial charge >= 0.3 is 0 Å². The molecule has 84 valence electrons. The van der Waals surface area contributed by atoms with Crippen molar-refractivity contribution in [3.8, 4) is 0 Å². The molecule has 15 heavy (non-hydrogen) atoms. The standard InChI is InChI=1S/C12H18FNS/c1-3-9(2)8-15-12-6-4-5-11(13)10(12)7-14/h4-6,9H,3,7-8,14H2,1-2H3. The second kappa shape index (κ2) is 6.13. The molecule has 0 saturated heterocycles. The van der Waals surface area contributed by atoms with Gasteiger partial charge in [0.25, 0.3) is 0 Å². The van der Waals surface area contributed by atoms with E-state index in [-0.39, 0.29) is 12.4 Å². The second-order valence-corrected chi connectivity index (χ2v) is 4.81. The third-order valence-electron chi connectivity index (χ3n) is 2.50. The van der Waals surface area contributed by atoms with E-state index in [0.29, 0.717) is 11.5 Å². The van der Waals surface area contributed by atoms with Crippen molar-refractivity contribution in [3.05, 3.63) is 29.6 Å². The minimum Gasteiger partial charge on any atom is -0.326 e. The van der Waals surface area contributed by atoms with Crippen LogP contribution in [0.1, 0.15) is 25.8 Å². The molecule has 0 radical (unpaired) electrons. The highest BCUT2D eigenvalue weighted by atomic mass is 32.2. The molecule has 0 aliphatic rings. The Hall–Kier alpha value is -0.540. The summed E-state index contributed by atoms with van der Waals surface area (Å²) in [6, 6.07) is 5.15. The molecule has 1 atom stereocenters. The van der Waals surface area contributed by atoms with Gasteiger partial charge in [0.15, 0.2) is 0 Å². The van der Waals surface area contributed by atoms with Crippen molar-refractivity contribution in [2.75, 3.05) is 5.75 Å². The first-order valence-corrected chi connectivity index (χ1v) is 6.27. The summed E-state index contributed by atoms with van der Waals surface area (Å²) in [5.41, 5.74) is 6.18. The summed E-state index contributed by atoms with van der Waals surface area (Å²) in [6.07, 6.45) is 1.15. The molecule has 1 unspecified atom stereocenters. The van der Waals surface area contributed by atoms with Crippen LogP contribution in [0.4, 0.5) is 4.39 Å². The van der Waals surface area contributed by atoms with E-state index in [0.717, 1.165) is 17.1 Å². The van der Waals surface area contributed by atoms with Gasteiger partial charge in [-0.05, 0) is 18.1 Å². The van der Waals surface area contributed by atoms with Crippen LogP contribution in [-0.4, -0.2) is 5.75 Å². The van der Waals surface area contributed by atoms with Crippen molar-refractivity contribution in [1.29, 1.82) is 0 Å². The van der Waals surface area contributed by atoms with Crippen molar-refractivity contribution >= 4 is 11.8 Å². The Labute approximate surface area is 95.2 Å². The molecule has 3 heteroatoms. The van der Waals surface area contributed by atoms with Crippen LogP contribution in [0, 0.1) is 11.7 Å². The fourth-order valence-electron chi connectivity index (χ4n) is 1.22. The topological polar surface area (TPSA) is 26.0 Å². The maximum atomic E-state index is 13.4. The molecule has 1 aromatic carbocycles. The van der Waals surface area contributed by atoms with Gasteiger partial charge in [0.05, 0.1) is 0 Å². The summed E-state index contributed by atoms with van der Waals surface area (Å²) >= 11 is 1.70. The fraction of sp³-hybridized carbons (Fsp3) is 0.500. The van der Waals surface area contributed by atoms with Gasteiger partial charge < -0.3 is 5.73 Å². The van der Waals surface area contributed by atoms with E-state index in [2.05, 4.69) is 13.8 Å². The fourth-order valence-corrected chi connectivity index (χ4v) is 2.45. The molecule has 0 spiro atoms. The molecule has 0 fully saturated rings. The van der Waals surface area contributed by atoms with Crippen LogP contribution in [-0.2, 0) is 6.54 Å². The third kappa shape index (κ3) is 3.50. The minimum atomic E-state index is -0.188. The lowest BCUT2D eigenvalue weighted by Gasteiger charge is -2.11. The molecule has 0 amide bonds. The smallest absolute Gasteiger partial charge is 0.128 e. The van der Waals surface area contributed by atoms with Crippen molar-refractivity contribution in [2.45, 2.75) is 31.7 Å². The van der Waals surface area contributed by atoms with Gasteiger partial charge in [-0.15, -0.1) is 11.8 Å². The second-order valence-electron chi connectivity index (χ2n) is 3.75. The normalized spacial score (nSPS) is 12.8. The zero-order chi connectivity index (χ0) is 11.3. The number of hydrogen-bond donors (Lipinski definition) is 1. The number of rotatable bonds is 5. The summed E-state index contributed by atoms with van der Waals surface area (Å²) in [5.74, 6) is 1.49. The predicted octanol–water partition coefficient (Wildman–Crippen LogP) is 3.42. The largest absolute Gasteiger partial charge is 0.326 e. The van der Waals surface area contributed by atoms with Crippen LogP contribution < -0.4 is 5.73 Å². The first-order chi connectivity index (χ1) is 7.19. The average Bonchev–Trinajstić information content (AvgIpc) is 2.25. The van der Waals surface area contributed by atoms with Gasteiger partial charge in [-0.2, -0.15) is 0 Å². The van der Waals surface area contributed by atoms with E-state index < -0.39 is 0 Å². The van der Waals surface area contributed by atoms with Crippen LogP contribution in [0.15, 0.2) is 23.1 Å². The van der Waals surface area contributed by atoms with Gasteiger partial charge in [0.1, 0.15) is 5.82 Å². The summed E-state index contributed by atoms with van der Waals surface area (Å²) in [6.45, 7) is 4.64. The summed E-state index contributed by atoms with van der Waals surface area (Å²) in [5, 5.41) is 0. The molecule has 0 bridgehead atoms. The van der Waals surface area contributed by atoms with Gasteiger partial charge in [-0.25, -0.2) is 4.39 Å². The summed E-state index contributed by atoms with van der Waals surface area (Å²) in [7, 11) is 0. The molecular formula is C12H18FNS. The van der Waals surface area contributed by atoms with Crippen molar-refractivity contribution in [3.63, 3.8) is 0 Å². The molecule has 0 aliphatic carbocycles. The highest BCUT2D eigenvalue weighted by Crippen LogP contribution is 2.26. The predicted molar refractivity (Wildman–Crippen MR) is 64.5 cm³/mol. The van der Waals surface area contributed by atoms with E-state index in [9.17, 15) is 4.39 Å². The lowest BCUT2D eigenvalue weighted by Crippen LogP contribution is -2.03. The Balaban J connectivity index is 2.72. The van der Waals surface area contributed by atoms with Crippen LogP contribution in [0.3, 0.4) is 0 Å². The lowest BCUT2D eigenvalue weighted by atomic mass is 10.2. The van der Waals surface area contributed by atoms with Crippen LogP contribution in [0.2, 0.25) is 0 Å². The number of thioether (sulfide) groups is 1. The molecule has 2 N–H and O–H groups in total. The molecular weight excluding hydrogens is 209 g/mol. The third-order valence-corrected chi connectivity index (χ3v) is 3.93. The van der Waals surface area contributed by atoms with Gasteiger partial charge in [-0.1, -0.05) is 26.3 Å².